The molecule has 1 atom stereocenters. The average molecular weight is 256 g/mol. The molecule has 1 amide bonds. The molecule has 2 heterocycles. The van der Waals surface area contributed by atoms with Crippen LogP contribution in [0.25, 0.3) is 0 Å². The molecule has 6 nitrogen and oxygen atoms in total. The molecule has 0 aromatic carbocycles. The second-order valence-corrected chi connectivity index (χ2v) is 5.51. The van der Waals surface area contributed by atoms with E-state index in [4.69, 9.17) is 0 Å². The van der Waals surface area contributed by atoms with Crippen molar-refractivity contribution in [3.05, 3.63) is 11.9 Å². The third-order valence-corrected chi connectivity index (χ3v) is 3.32. The fraction of sp³-hybridized carbons (Fsp3) is 0.600. The Morgan fingerprint density at radius 3 is 3.24 bits per heavy atom. The molecular weight excluding hydrogens is 240 g/mol. The van der Waals surface area contributed by atoms with Crippen molar-refractivity contribution in [2.45, 2.75) is 13.0 Å². The second-order valence-electron chi connectivity index (χ2n) is 3.96. The lowest BCUT2D eigenvalue weighted by molar-refractivity contribution is 0.0951. The summed E-state index contributed by atoms with van der Waals surface area (Å²) in [5.41, 5.74) is 0.413. The fourth-order valence-electron chi connectivity index (χ4n) is 1.69. The first-order valence-electron chi connectivity index (χ1n) is 5.56. The summed E-state index contributed by atoms with van der Waals surface area (Å²) in [6.45, 7) is 2.20. The molecule has 0 saturated heterocycles. The molecule has 1 aromatic heterocycles. The summed E-state index contributed by atoms with van der Waals surface area (Å²) in [5, 5.41) is 5.84. The van der Waals surface area contributed by atoms with Gasteiger partial charge in [0, 0.05) is 48.6 Å². The summed E-state index contributed by atoms with van der Waals surface area (Å²) in [6.07, 6.45) is 4.41. The van der Waals surface area contributed by atoms with E-state index in [1.54, 1.807) is 12.5 Å². The molecule has 1 aromatic rings. The number of aromatic nitrogens is 2. The molecule has 0 saturated carbocycles. The van der Waals surface area contributed by atoms with E-state index in [0.717, 1.165) is 25.5 Å². The number of hydrogen-bond donors (Lipinski definition) is 2. The summed E-state index contributed by atoms with van der Waals surface area (Å²) in [6, 6.07) is 0. The first-order valence-corrected chi connectivity index (χ1v) is 7.29. The smallest absolute Gasteiger partial charge is 0.271 e. The zero-order valence-electron chi connectivity index (χ0n) is 9.73. The molecule has 0 spiro atoms. The normalized spacial score (nSPS) is 15.8. The Balaban J connectivity index is 1.95. The molecule has 7 heteroatoms. The molecule has 1 aliphatic rings. The van der Waals surface area contributed by atoms with Crippen molar-refractivity contribution >= 4 is 22.7 Å². The summed E-state index contributed by atoms with van der Waals surface area (Å²) in [4.78, 5) is 15.9. The molecule has 0 aliphatic carbocycles. The van der Waals surface area contributed by atoms with Crippen LogP contribution in [0, 0.1) is 0 Å². The number of hydrogen-bond acceptors (Lipinski definition) is 4. The van der Waals surface area contributed by atoms with Crippen molar-refractivity contribution in [3.63, 3.8) is 0 Å². The third kappa shape index (κ3) is 3.06. The molecule has 0 fully saturated rings. The Labute approximate surface area is 102 Å². The number of nitrogens with zero attached hydrogens (tertiary/aromatic N) is 2. The minimum Gasteiger partial charge on any atom is -0.356 e. The van der Waals surface area contributed by atoms with Crippen molar-refractivity contribution in [1.29, 1.82) is 0 Å². The van der Waals surface area contributed by atoms with Crippen molar-refractivity contribution in [3.8, 4) is 0 Å². The monoisotopic (exact) mass is 256 g/mol. The lowest BCUT2D eigenvalue weighted by Crippen LogP contribution is -2.27. The summed E-state index contributed by atoms with van der Waals surface area (Å²) in [5.74, 6) is 1.01. The van der Waals surface area contributed by atoms with Crippen LogP contribution in [0.1, 0.15) is 16.9 Å². The minimum atomic E-state index is -0.883. The van der Waals surface area contributed by atoms with Crippen LogP contribution in [0.2, 0.25) is 0 Å². The van der Waals surface area contributed by atoms with E-state index in [9.17, 15) is 9.00 Å². The lowest BCUT2D eigenvalue weighted by atomic mass is 10.4. The Hall–Kier alpha value is -1.37. The van der Waals surface area contributed by atoms with Crippen molar-refractivity contribution in [1.82, 2.24) is 14.9 Å². The van der Waals surface area contributed by atoms with Gasteiger partial charge in [0.25, 0.3) is 5.91 Å². The third-order valence-electron chi connectivity index (χ3n) is 2.54. The van der Waals surface area contributed by atoms with Gasteiger partial charge in [0.1, 0.15) is 5.69 Å². The number of imidazole rings is 1. The zero-order valence-corrected chi connectivity index (χ0v) is 10.5. The molecule has 17 heavy (non-hydrogen) atoms. The van der Waals surface area contributed by atoms with Crippen LogP contribution in [0.15, 0.2) is 6.20 Å². The maximum absolute atomic E-state index is 11.7. The standard InChI is InChI=1S/C10H16N4O2S/c1-17(16)6-4-11-9(15)8-7-14-5-2-3-12-10(14)13-8/h7H,2-6H2,1H3,(H,11,15)(H,12,13). The summed E-state index contributed by atoms with van der Waals surface area (Å²) in [7, 11) is -0.883. The van der Waals surface area contributed by atoms with Crippen LogP contribution in [0.4, 0.5) is 5.95 Å². The maximum atomic E-state index is 11.7. The Bertz CT molecular complexity index is 420. The lowest BCUT2D eigenvalue weighted by Gasteiger charge is -2.14. The Morgan fingerprint density at radius 1 is 1.71 bits per heavy atom. The molecule has 2 N–H and O–H groups in total. The van der Waals surface area contributed by atoms with Crippen molar-refractivity contribution in [2.75, 3.05) is 30.4 Å². The van der Waals surface area contributed by atoms with Gasteiger partial charge in [0.15, 0.2) is 0 Å². The minimum absolute atomic E-state index is 0.209. The largest absolute Gasteiger partial charge is 0.356 e. The SMILES string of the molecule is CS(=O)CCNC(=O)c1cn2c(n1)NCCC2. The van der Waals surface area contributed by atoms with E-state index < -0.39 is 10.8 Å². The molecule has 94 valence electrons. The van der Waals surface area contributed by atoms with E-state index in [-0.39, 0.29) is 5.91 Å². The molecule has 0 bridgehead atoms. The highest BCUT2D eigenvalue weighted by molar-refractivity contribution is 7.84. The predicted molar refractivity (Wildman–Crippen MR) is 66.6 cm³/mol. The van der Waals surface area contributed by atoms with Gasteiger partial charge in [-0.15, -0.1) is 0 Å². The maximum Gasteiger partial charge on any atom is 0.271 e. The number of anilines is 1. The van der Waals surface area contributed by atoms with Gasteiger partial charge in [-0.2, -0.15) is 0 Å². The average Bonchev–Trinajstić information content (AvgIpc) is 2.71. The van der Waals surface area contributed by atoms with E-state index in [1.807, 2.05) is 4.57 Å². The van der Waals surface area contributed by atoms with Gasteiger partial charge in [0.2, 0.25) is 5.95 Å². The number of carbonyl (C=O) groups is 1. The Morgan fingerprint density at radius 2 is 2.53 bits per heavy atom. The number of carbonyl (C=O) groups excluding carboxylic acids is 1. The van der Waals surface area contributed by atoms with Crippen molar-refractivity contribution < 1.29 is 9.00 Å². The Kier molecular flexibility index (Phi) is 3.78. The van der Waals surface area contributed by atoms with Gasteiger partial charge >= 0.3 is 0 Å². The highest BCUT2D eigenvalue weighted by Gasteiger charge is 2.15. The van der Waals surface area contributed by atoms with Crippen LogP contribution < -0.4 is 10.6 Å². The molecule has 0 radical (unpaired) electrons. The summed E-state index contributed by atoms with van der Waals surface area (Å²) >= 11 is 0. The van der Waals surface area contributed by atoms with Crippen LogP contribution in [-0.2, 0) is 17.3 Å². The fourth-order valence-corrected chi connectivity index (χ4v) is 2.07. The quantitative estimate of drug-likeness (QED) is 0.782. The first-order chi connectivity index (χ1) is 8.16. The molecule has 2 rings (SSSR count). The van der Waals surface area contributed by atoms with Gasteiger partial charge in [0.05, 0.1) is 0 Å². The van der Waals surface area contributed by atoms with Gasteiger partial charge in [-0.05, 0) is 6.42 Å². The number of rotatable bonds is 4. The first kappa shape index (κ1) is 12.1. The molecule has 1 unspecified atom stereocenters. The number of aryl methyl sites for hydroxylation is 1. The number of amides is 1. The van der Waals surface area contributed by atoms with E-state index >= 15 is 0 Å². The topological polar surface area (TPSA) is 76.0 Å². The van der Waals surface area contributed by atoms with E-state index in [2.05, 4.69) is 15.6 Å². The van der Waals surface area contributed by atoms with Gasteiger partial charge in [-0.3, -0.25) is 9.00 Å². The molecular formula is C10H16N4O2S. The van der Waals surface area contributed by atoms with Crippen LogP contribution >= 0.6 is 0 Å². The second kappa shape index (κ2) is 5.31. The highest BCUT2D eigenvalue weighted by atomic mass is 32.2. The summed E-state index contributed by atoms with van der Waals surface area (Å²) < 4.78 is 12.8. The predicted octanol–water partition coefficient (Wildman–Crippen LogP) is -0.193. The van der Waals surface area contributed by atoms with Crippen molar-refractivity contribution in [2.24, 2.45) is 0 Å². The molecule has 1 aliphatic heterocycles. The van der Waals surface area contributed by atoms with Gasteiger partial charge in [-0.1, -0.05) is 0 Å². The van der Waals surface area contributed by atoms with Crippen LogP contribution in [0.3, 0.4) is 0 Å². The van der Waals surface area contributed by atoms with E-state index in [0.29, 0.717) is 18.0 Å². The number of nitrogens with one attached hydrogen (secondary N) is 2. The van der Waals surface area contributed by atoms with E-state index in [1.165, 1.54) is 0 Å². The zero-order chi connectivity index (χ0) is 12.3. The highest BCUT2D eigenvalue weighted by Crippen LogP contribution is 2.13. The van der Waals surface area contributed by atoms with Gasteiger partial charge < -0.3 is 15.2 Å². The van der Waals surface area contributed by atoms with Crippen LogP contribution in [0.5, 0.6) is 0 Å². The van der Waals surface area contributed by atoms with Crippen LogP contribution in [-0.4, -0.2) is 44.8 Å². The van der Waals surface area contributed by atoms with Gasteiger partial charge in [-0.25, -0.2) is 4.98 Å². The number of fused-ring (bicyclic) bond motifs is 1.